The van der Waals surface area contributed by atoms with E-state index in [4.69, 9.17) is 9.72 Å². The van der Waals surface area contributed by atoms with E-state index in [-0.39, 0.29) is 0 Å². The fraction of sp³-hybridized carbons (Fsp3) is 0.714. The summed E-state index contributed by atoms with van der Waals surface area (Å²) < 4.78 is 6.42. The standard InChI is InChI=1S/C14H22BrN3O/c1-3-19-9-8-11-17-13(10-6-4-5-7-10)12(15)14(16-2)18-11/h10H,3-9H2,1-2H3,(H,16,17,18). The quantitative estimate of drug-likeness (QED) is 0.812. The molecule has 0 radical (unpaired) electrons. The van der Waals surface area contributed by atoms with Gasteiger partial charge in [-0.3, -0.25) is 0 Å². The zero-order chi connectivity index (χ0) is 13.7. The van der Waals surface area contributed by atoms with Crippen LogP contribution in [0.2, 0.25) is 0 Å². The first-order chi connectivity index (χ1) is 9.26. The van der Waals surface area contributed by atoms with Crippen molar-refractivity contribution in [1.82, 2.24) is 9.97 Å². The van der Waals surface area contributed by atoms with Crippen LogP contribution in [0.3, 0.4) is 0 Å². The second-order valence-corrected chi connectivity index (χ2v) is 5.66. The van der Waals surface area contributed by atoms with Gasteiger partial charge in [0, 0.05) is 26.0 Å². The lowest BCUT2D eigenvalue weighted by Gasteiger charge is -2.15. The lowest BCUT2D eigenvalue weighted by atomic mass is 10.0. The molecule has 1 heterocycles. The summed E-state index contributed by atoms with van der Waals surface area (Å²) >= 11 is 3.65. The van der Waals surface area contributed by atoms with Crippen molar-refractivity contribution >= 4 is 21.7 Å². The third kappa shape index (κ3) is 3.66. The van der Waals surface area contributed by atoms with E-state index < -0.39 is 0 Å². The number of anilines is 1. The van der Waals surface area contributed by atoms with E-state index in [1.54, 1.807) is 0 Å². The summed E-state index contributed by atoms with van der Waals surface area (Å²) in [6.45, 7) is 3.43. The minimum absolute atomic E-state index is 0.579. The molecule has 0 amide bonds. The predicted molar refractivity (Wildman–Crippen MR) is 80.7 cm³/mol. The van der Waals surface area contributed by atoms with Gasteiger partial charge in [0.2, 0.25) is 0 Å². The van der Waals surface area contributed by atoms with Crippen molar-refractivity contribution in [2.24, 2.45) is 0 Å². The van der Waals surface area contributed by atoms with Crippen molar-refractivity contribution in [1.29, 1.82) is 0 Å². The number of rotatable bonds is 6. The molecule has 0 aliphatic heterocycles. The summed E-state index contributed by atoms with van der Waals surface area (Å²) in [5, 5.41) is 3.15. The highest BCUT2D eigenvalue weighted by atomic mass is 79.9. The SMILES string of the molecule is CCOCCc1nc(NC)c(Br)c(C2CCCC2)n1. The molecule has 4 nitrogen and oxygen atoms in total. The van der Waals surface area contributed by atoms with Gasteiger partial charge in [-0.1, -0.05) is 12.8 Å². The highest BCUT2D eigenvalue weighted by Gasteiger charge is 2.23. The van der Waals surface area contributed by atoms with E-state index in [1.165, 1.54) is 31.4 Å². The summed E-state index contributed by atoms with van der Waals surface area (Å²) in [5.74, 6) is 2.35. The molecule has 1 fully saturated rings. The van der Waals surface area contributed by atoms with E-state index in [0.29, 0.717) is 12.5 Å². The predicted octanol–water partition coefficient (Wildman–Crippen LogP) is 3.52. The maximum absolute atomic E-state index is 5.39. The van der Waals surface area contributed by atoms with Crippen molar-refractivity contribution in [3.05, 3.63) is 16.0 Å². The number of nitrogens with one attached hydrogen (secondary N) is 1. The zero-order valence-electron chi connectivity index (χ0n) is 11.7. The fourth-order valence-corrected chi connectivity index (χ4v) is 3.27. The molecular formula is C14H22BrN3O. The number of nitrogens with zero attached hydrogens (tertiary/aromatic N) is 2. The van der Waals surface area contributed by atoms with E-state index in [1.807, 2.05) is 14.0 Å². The van der Waals surface area contributed by atoms with Gasteiger partial charge in [0.25, 0.3) is 0 Å². The average molecular weight is 328 g/mol. The van der Waals surface area contributed by atoms with Gasteiger partial charge in [-0.2, -0.15) is 0 Å². The Morgan fingerprint density at radius 2 is 2.05 bits per heavy atom. The Hall–Kier alpha value is -0.680. The van der Waals surface area contributed by atoms with E-state index in [0.717, 1.165) is 29.1 Å². The normalized spacial score (nSPS) is 15.9. The van der Waals surface area contributed by atoms with Crippen LogP contribution < -0.4 is 5.32 Å². The summed E-state index contributed by atoms with van der Waals surface area (Å²) in [7, 11) is 1.90. The molecule has 0 bridgehead atoms. The Labute approximate surface area is 123 Å². The molecule has 19 heavy (non-hydrogen) atoms. The molecule has 1 N–H and O–H groups in total. The van der Waals surface area contributed by atoms with Crippen LogP contribution in [0.1, 0.15) is 50.0 Å². The Morgan fingerprint density at radius 3 is 2.68 bits per heavy atom. The van der Waals surface area contributed by atoms with Gasteiger partial charge in [-0.25, -0.2) is 9.97 Å². The maximum atomic E-state index is 5.39. The van der Waals surface area contributed by atoms with Crippen LogP contribution in [0, 0.1) is 0 Å². The summed E-state index contributed by atoms with van der Waals surface area (Å²) in [4.78, 5) is 9.30. The van der Waals surface area contributed by atoms with Crippen LogP contribution in [-0.4, -0.2) is 30.2 Å². The second kappa shape index (κ2) is 7.20. The van der Waals surface area contributed by atoms with Crippen molar-refractivity contribution in [2.45, 2.75) is 44.9 Å². The zero-order valence-corrected chi connectivity index (χ0v) is 13.3. The minimum atomic E-state index is 0.579. The fourth-order valence-electron chi connectivity index (χ4n) is 2.57. The van der Waals surface area contributed by atoms with Gasteiger partial charge in [0.05, 0.1) is 16.8 Å². The molecule has 0 atom stereocenters. The lowest BCUT2D eigenvalue weighted by molar-refractivity contribution is 0.149. The van der Waals surface area contributed by atoms with Crippen molar-refractivity contribution in [3.8, 4) is 0 Å². The Bertz CT molecular complexity index is 419. The average Bonchev–Trinajstić information content (AvgIpc) is 2.94. The molecule has 0 unspecified atom stereocenters. The monoisotopic (exact) mass is 327 g/mol. The number of halogens is 1. The molecule has 0 saturated heterocycles. The van der Waals surface area contributed by atoms with Crippen LogP contribution in [-0.2, 0) is 11.2 Å². The van der Waals surface area contributed by atoms with Gasteiger partial charge >= 0.3 is 0 Å². The van der Waals surface area contributed by atoms with Crippen LogP contribution in [0.4, 0.5) is 5.82 Å². The van der Waals surface area contributed by atoms with Crippen molar-refractivity contribution in [2.75, 3.05) is 25.6 Å². The van der Waals surface area contributed by atoms with Crippen LogP contribution >= 0.6 is 15.9 Å². The molecular weight excluding hydrogens is 306 g/mol. The molecule has 1 aromatic rings. The number of aromatic nitrogens is 2. The van der Waals surface area contributed by atoms with E-state index in [9.17, 15) is 0 Å². The minimum Gasteiger partial charge on any atom is -0.381 e. The van der Waals surface area contributed by atoms with E-state index >= 15 is 0 Å². The first-order valence-electron chi connectivity index (χ1n) is 7.08. The van der Waals surface area contributed by atoms with Gasteiger partial charge in [-0.15, -0.1) is 0 Å². The highest BCUT2D eigenvalue weighted by Crippen LogP contribution is 2.38. The third-order valence-electron chi connectivity index (χ3n) is 3.58. The first-order valence-corrected chi connectivity index (χ1v) is 7.87. The molecule has 1 aromatic heterocycles. The largest absolute Gasteiger partial charge is 0.381 e. The second-order valence-electron chi connectivity index (χ2n) is 4.87. The molecule has 1 aliphatic rings. The van der Waals surface area contributed by atoms with Crippen LogP contribution in [0.15, 0.2) is 4.47 Å². The van der Waals surface area contributed by atoms with Crippen LogP contribution in [0.5, 0.6) is 0 Å². The molecule has 1 aliphatic carbocycles. The summed E-state index contributed by atoms with van der Waals surface area (Å²) in [6, 6.07) is 0. The van der Waals surface area contributed by atoms with E-state index in [2.05, 4.69) is 26.2 Å². The summed E-state index contributed by atoms with van der Waals surface area (Å²) in [6.07, 6.45) is 5.87. The molecule has 1 saturated carbocycles. The molecule has 2 rings (SSSR count). The first kappa shape index (κ1) is 14.7. The Morgan fingerprint density at radius 1 is 1.32 bits per heavy atom. The number of hydrogen-bond donors (Lipinski definition) is 1. The number of ether oxygens (including phenoxy) is 1. The van der Waals surface area contributed by atoms with Gasteiger partial charge < -0.3 is 10.1 Å². The van der Waals surface area contributed by atoms with Gasteiger partial charge in [0.1, 0.15) is 11.6 Å². The van der Waals surface area contributed by atoms with Crippen molar-refractivity contribution < 1.29 is 4.74 Å². The van der Waals surface area contributed by atoms with Gasteiger partial charge in [-0.05, 0) is 35.7 Å². The maximum Gasteiger partial charge on any atom is 0.144 e. The molecule has 0 spiro atoms. The topological polar surface area (TPSA) is 47.0 Å². The summed E-state index contributed by atoms with van der Waals surface area (Å²) in [5.41, 5.74) is 1.17. The van der Waals surface area contributed by atoms with Crippen LogP contribution in [0.25, 0.3) is 0 Å². The molecule has 5 heteroatoms. The number of hydrogen-bond acceptors (Lipinski definition) is 4. The third-order valence-corrected chi connectivity index (χ3v) is 4.36. The lowest BCUT2D eigenvalue weighted by Crippen LogP contribution is -2.10. The smallest absolute Gasteiger partial charge is 0.144 e. The highest BCUT2D eigenvalue weighted by molar-refractivity contribution is 9.10. The van der Waals surface area contributed by atoms with Crippen molar-refractivity contribution in [3.63, 3.8) is 0 Å². The molecule has 0 aromatic carbocycles. The Kier molecular flexibility index (Phi) is 5.58. The Balaban J connectivity index is 2.21. The van der Waals surface area contributed by atoms with Gasteiger partial charge in [0.15, 0.2) is 0 Å². The molecule has 106 valence electrons.